The molecule has 0 aliphatic carbocycles. The van der Waals surface area contributed by atoms with Crippen LogP contribution >= 0.6 is 0 Å². The van der Waals surface area contributed by atoms with Crippen molar-refractivity contribution in [2.24, 2.45) is 34.0 Å². The second-order valence-corrected chi connectivity index (χ2v) is 17.1. The van der Waals surface area contributed by atoms with Crippen LogP contribution in [0, 0.1) is 51.8 Å². The molecule has 3 aromatic rings. The molecule has 0 N–H and O–H groups in total. The predicted octanol–water partition coefficient (Wildman–Crippen LogP) is 14.1. The van der Waals surface area contributed by atoms with Gasteiger partial charge in [-0.25, -0.2) is 0 Å². The Morgan fingerprint density at radius 1 is 0.370 bits per heavy atom. The van der Waals surface area contributed by atoms with Crippen LogP contribution in [0.15, 0.2) is 91.0 Å². The smallest absolute Gasteiger partial charge is 0.188 e. The van der Waals surface area contributed by atoms with Crippen LogP contribution in [0.4, 0.5) is 0 Å². The molecule has 0 spiro atoms. The van der Waals surface area contributed by atoms with Crippen LogP contribution in [-0.4, -0.2) is 0 Å². The fraction of sp³-hybridized carbons (Fsp3) is 0.533. The van der Waals surface area contributed by atoms with Crippen LogP contribution in [0.5, 0.6) is 0 Å². The van der Waals surface area contributed by atoms with Crippen molar-refractivity contribution in [1.29, 1.82) is 0 Å². The average Bonchev–Trinajstić information content (AvgIpc) is 2.93. The van der Waals surface area contributed by atoms with Crippen molar-refractivity contribution in [3.05, 3.63) is 125 Å². The van der Waals surface area contributed by atoms with E-state index in [-0.39, 0.29) is 33.6 Å². The third-order valence-electron chi connectivity index (χ3n) is 7.92. The van der Waals surface area contributed by atoms with Crippen LogP contribution in [-0.2, 0) is 17.4 Å². The van der Waals surface area contributed by atoms with E-state index in [4.69, 9.17) is 0 Å². The minimum absolute atomic E-state index is 0. The molecule has 0 fully saturated rings. The normalized spacial score (nSPS) is 11.6. The zero-order valence-electron chi connectivity index (χ0n) is 32.4. The topological polar surface area (TPSA) is 0 Å². The van der Waals surface area contributed by atoms with Crippen molar-refractivity contribution in [2.75, 3.05) is 0 Å². The van der Waals surface area contributed by atoms with Crippen LogP contribution in [0.2, 0.25) is 0 Å². The maximum Gasteiger partial charge on any atom is 3.00 e. The van der Waals surface area contributed by atoms with Gasteiger partial charge in [0, 0.05) is 0 Å². The second-order valence-electron chi connectivity index (χ2n) is 17.1. The molecule has 0 atom stereocenters. The summed E-state index contributed by atoms with van der Waals surface area (Å²) >= 11 is 0. The first-order valence-corrected chi connectivity index (χ1v) is 17.5. The van der Waals surface area contributed by atoms with Crippen molar-refractivity contribution in [2.45, 2.75) is 123 Å². The van der Waals surface area contributed by atoms with Gasteiger partial charge in [-0.3, -0.25) is 0 Å². The van der Waals surface area contributed by atoms with Crippen molar-refractivity contribution < 1.29 is 17.4 Å². The third-order valence-corrected chi connectivity index (χ3v) is 7.92. The predicted molar refractivity (Wildman–Crippen MR) is 203 cm³/mol. The maximum absolute atomic E-state index is 2.30. The van der Waals surface area contributed by atoms with Gasteiger partial charge in [0.05, 0.1) is 0 Å². The van der Waals surface area contributed by atoms with Gasteiger partial charge >= 0.3 is 17.4 Å². The summed E-state index contributed by atoms with van der Waals surface area (Å²) in [4.78, 5) is 0. The quantitative estimate of drug-likeness (QED) is 0.200. The molecule has 0 aliphatic rings. The van der Waals surface area contributed by atoms with Gasteiger partial charge in [-0.2, -0.15) is 70.8 Å². The van der Waals surface area contributed by atoms with E-state index in [1.807, 2.05) is 0 Å². The third kappa shape index (κ3) is 17.1. The van der Waals surface area contributed by atoms with Gasteiger partial charge < -0.3 is 0 Å². The van der Waals surface area contributed by atoms with E-state index < -0.39 is 0 Å². The molecule has 0 heterocycles. The molecule has 3 aromatic carbocycles. The Labute approximate surface area is 298 Å². The summed E-state index contributed by atoms with van der Waals surface area (Å²) in [7, 11) is 0. The first-order chi connectivity index (χ1) is 20.7. The summed E-state index contributed by atoms with van der Waals surface area (Å²) in [6, 6.07) is 32.4. The van der Waals surface area contributed by atoms with Crippen molar-refractivity contribution >= 4 is 0 Å². The van der Waals surface area contributed by atoms with E-state index >= 15 is 0 Å². The first-order valence-electron chi connectivity index (χ1n) is 17.5. The number of hydrogen-bond donors (Lipinski definition) is 0. The Morgan fingerprint density at radius 3 is 0.674 bits per heavy atom. The zero-order valence-corrected chi connectivity index (χ0v) is 33.7. The molecular formula is C45H69Cr. The number of benzene rings is 3. The van der Waals surface area contributed by atoms with E-state index in [0.29, 0.717) is 0 Å². The Balaban J connectivity index is 0.000000653. The fourth-order valence-corrected chi connectivity index (χ4v) is 5.71. The zero-order chi connectivity index (χ0) is 34.4. The molecule has 3 rings (SSSR count). The molecule has 0 saturated carbocycles. The molecule has 0 saturated heterocycles. The Kier molecular flexibility index (Phi) is 19.3. The van der Waals surface area contributed by atoms with Gasteiger partial charge in [-0.05, 0) is 0 Å². The van der Waals surface area contributed by atoms with Crippen molar-refractivity contribution in [3.8, 4) is 0 Å². The summed E-state index contributed by atoms with van der Waals surface area (Å²) in [5.74, 6) is 6.87. The van der Waals surface area contributed by atoms with Crippen molar-refractivity contribution in [1.82, 2.24) is 0 Å². The number of hydrogen-bond acceptors (Lipinski definition) is 0. The van der Waals surface area contributed by atoms with Gasteiger partial charge in [-0.1, -0.05) is 175 Å². The SMILES string of the molecule is CC(C)C[C-](c1ccccc1)C(C)(C)C.CC(C)C[C-](c1ccccc1)C(C)(C)C.CC(C)C[C-](c1ccccc1)C(C)(C)C.[Cr+3]. The monoisotopic (exact) mass is 661 g/mol. The molecule has 46 heavy (non-hydrogen) atoms. The van der Waals surface area contributed by atoms with E-state index in [1.54, 1.807) is 17.8 Å². The summed E-state index contributed by atoms with van der Waals surface area (Å²) < 4.78 is 0. The summed E-state index contributed by atoms with van der Waals surface area (Å²) in [5, 5.41) is 0. The summed E-state index contributed by atoms with van der Waals surface area (Å²) in [5.41, 5.74) is 5.01. The average molecular weight is 662 g/mol. The molecular weight excluding hydrogens is 592 g/mol. The second kappa shape index (κ2) is 20.2. The maximum atomic E-state index is 2.30. The van der Waals surface area contributed by atoms with Crippen LogP contribution < -0.4 is 0 Å². The van der Waals surface area contributed by atoms with Gasteiger partial charge in [0.25, 0.3) is 0 Å². The van der Waals surface area contributed by atoms with E-state index in [2.05, 4.69) is 195 Å². The minimum Gasteiger partial charge on any atom is -0.188 e. The largest absolute Gasteiger partial charge is 3.00 e. The Morgan fingerprint density at radius 2 is 0.543 bits per heavy atom. The molecule has 0 aliphatic heterocycles. The first kappa shape index (κ1) is 43.8. The molecule has 255 valence electrons. The molecule has 0 aromatic heterocycles. The summed E-state index contributed by atoms with van der Waals surface area (Å²) in [6.45, 7) is 34.4. The van der Waals surface area contributed by atoms with Gasteiger partial charge in [0.2, 0.25) is 0 Å². The van der Waals surface area contributed by atoms with E-state index in [9.17, 15) is 0 Å². The fourth-order valence-electron chi connectivity index (χ4n) is 5.71. The Hall–Kier alpha value is -2.20. The standard InChI is InChI=1S/3C15H23.Cr/c3*1-12(2)11-14(15(3,4)5)13-9-7-6-8-10-13;/h3*6-10,12H,11H2,1-5H3;/q3*-1;+3. The molecule has 0 unspecified atom stereocenters. The molecule has 1 radical (unpaired) electrons. The molecule has 0 amide bonds. The van der Waals surface area contributed by atoms with Crippen LogP contribution in [0.25, 0.3) is 0 Å². The molecule has 1 heteroatoms. The minimum atomic E-state index is 0. The number of rotatable bonds is 9. The van der Waals surface area contributed by atoms with E-state index in [0.717, 1.165) is 17.8 Å². The molecule has 0 bridgehead atoms. The van der Waals surface area contributed by atoms with Gasteiger partial charge in [0.1, 0.15) is 0 Å². The van der Waals surface area contributed by atoms with Crippen molar-refractivity contribution in [3.63, 3.8) is 0 Å². The van der Waals surface area contributed by atoms with Crippen LogP contribution in [0.3, 0.4) is 0 Å². The van der Waals surface area contributed by atoms with Gasteiger partial charge in [-0.15, -0.1) is 36.4 Å². The Bertz CT molecular complexity index is 988. The van der Waals surface area contributed by atoms with E-state index in [1.165, 1.54) is 36.0 Å². The molecule has 0 nitrogen and oxygen atoms in total. The van der Waals surface area contributed by atoms with Crippen LogP contribution in [0.1, 0.15) is 140 Å². The summed E-state index contributed by atoms with van der Waals surface area (Å²) in [6.07, 6.45) is 3.56. The van der Waals surface area contributed by atoms with Gasteiger partial charge in [0.15, 0.2) is 0 Å².